The van der Waals surface area contributed by atoms with Gasteiger partial charge in [0.15, 0.2) is 0 Å². The van der Waals surface area contributed by atoms with Crippen LogP contribution in [0.15, 0.2) is 12.2 Å². The van der Waals surface area contributed by atoms with Gasteiger partial charge in [-0.25, -0.2) is 0 Å². The quantitative estimate of drug-likeness (QED) is 0.669. The number of rotatable bonds is 4. The van der Waals surface area contributed by atoms with Crippen LogP contribution in [0.5, 0.6) is 0 Å². The zero-order valence-electron chi connectivity index (χ0n) is 12.2. The molecule has 0 aromatic heterocycles. The maximum absolute atomic E-state index is 6.19. The number of ether oxygens (including phenoxy) is 1. The van der Waals surface area contributed by atoms with Gasteiger partial charge in [-0.15, -0.1) is 0 Å². The van der Waals surface area contributed by atoms with Crippen molar-refractivity contribution < 1.29 is 4.74 Å². The molecule has 0 spiro atoms. The molecule has 0 radical (unpaired) electrons. The smallest absolute Gasteiger partial charge is 0.0570 e. The fourth-order valence-corrected chi connectivity index (χ4v) is 4.72. The minimum absolute atomic E-state index is 0.404. The molecule has 3 unspecified atom stereocenters. The van der Waals surface area contributed by atoms with Crippen LogP contribution in [-0.4, -0.2) is 12.7 Å². The third-order valence-electron chi connectivity index (χ3n) is 5.96. The average Bonchev–Trinajstić information content (AvgIpc) is 2.32. The van der Waals surface area contributed by atoms with Gasteiger partial charge in [0, 0.05) is 0 Å². The molecule has 3 atom stereocenters. The Bertz CT molecular complexity index is 326. The highest BCUT2D eigenvalue weighted by Gasteiger charge is 2.52. The van der Waals surface area contributed by atoms with Crippen molar-refractivity contribution in [1.82, 2.24) is 0 Å². The molecule has 4 saturated carbocycles. The molecule has 4 aliphatic carbocycles. The van der Waals surface area contributed by atoms with Gasteiger partial charge in [0.25, 0.3) is 0 Å². The fourth-order valence-electron chi connectivity index (χ4n) is 4.72. The molecule has 18 heavy (non-hydrogen) atoms. The molecule has 4 rings (SSSR count). The first-order chi connectivity index (χ1) is 8.49. The van der Waals surface area contributed by atoms with E-state index in [2.05, 4.69) is 27.4 Å². The minimum Gasteiger partial charge on any atom is -0.378 e. The van der Waals surface area contributed by atoms with Crippen molar-refractivity contribution in [2.75, 3.05) is 6.61 Å². The standard InChI is InChI=1S/C17H28O/c1-11(2)13(4)18-10-17-7-14-5-15(8-17)12(3)16(6-14)9-17/h11,13-16H,3,5-10H2,1-2,4H3. The lowest BCUT2D eigenvalue weighted by Gasteiger charge is -2.57. The Morgan fingerprint density at radius 1 is 1.17 bits per heavy atom. The summed E-state index contributed by atoms with van der Waals surface area (Å²) in [6.45, 7) is 12.1. The molecule has 4 aliphatic rings. The van der Waals surface area contributed by atoms with Crippen molar-refractivity contribution in [3.8, 4) is 0 Å². The van der Waals surface area contributed by atoms with Crippen molar-refractivity contribution >= 4 is 0 Å². The van der Waals surface area contributed by atoms with Crippen LogP contribution < -0.4 is 0 Å². The van der Waals surface area contributed by atoms with Gasteiger partial charge in [-0.1, -0.05) is 26.0 Å². The van der Waals surface area contributed by atoms with Gasteiger partial charge >= 0.3 is 0 Å². The van der Waals surface area contributed by atoms with E-state index in [1.165, 1.54) is 32.1 Å². The average molecular weight is 248 g/mol. The van der Waals surface area contributed by atoms with E-state index < -0.39 is 0 Å². The minimum atomic E-state index is 0.404. The summed E-state index contributed by atoms with van der Waals surface area (Å²) in [5, 5.41) is 0. The SMILES string of the molecule is C=C1C2CC3CC1CC(COC(C)C(C)C)(C3)C2. The highest BCUT2D eigenvalue weighted by Crippen LogP contribution is 2.61. The molecule has 1 nitrogen and oxygen atoms in total. The lowest BCUT2D eigenvalue weighted by molar-refractivity contribution is -0.0948. The summed E-state index contributed by atoms with van der Waals surface area (Å²) in [4.78, 5) is 0. The van der Waals surface area contributed by atoms with Crippen molar-refractivity contribution in [3.05, 3.63) is 12.2 Å². The Kier molecular flexibility index (Phi) is 3.09. The molecule has 0 heterocycles. The van der Waals surface area contributed by atoms with E-state index in [1.54, 1.807) is 5.57 Å². The van der Waals surface area contributed by atoms with Crippen molar-refractivity contribution in [1.29, 1.82) is 0 Å². The molecule has 102 valence electrons. The van der Waals surface area contributed by atoms with E-state index in [-0.39, 0.29) is 0 Å². The van der Waals surface area contributed by atoms with Crippen molar-refractivity contribution in [2.24, 2.45) is 29.1 Å². The number of hydrogen-bond donors (Lipinski definition) is 0. The molecule has 4 bridgehead atoms. The lowest BCUT2D eigenvalue weighted by atomic mass is 9.48. The monoisotopic (exact) mass is 248 g/mol. The Morgan fingerprint density at radius 2 is 1.78 bits per heavy atom. The molecule has 0 N–H and O–H groups in total. The molecule has 0 aliphatic heterocycles. The second-order valence-corrected chi connectivity index (χ2v) is 7.68. The van der Waals surface area contributed by atoms with Crippen LogP contribution >= 0.6 is 0 Å². The summed E-state index contributed by atoms with van der Waals surface area (Å²) in [7, 11) is 0. The zero-order chi connectivity index (χ0) is 12.9. The van der Waals surface area contributed by atoms with E-state index >= 15 is 0 Å². The van der Waals surface area contributed by atoms with E-state index in [4.69, 9.17) is 4.74 Å². The topological polar surface area (TPSA) is 9.23 Å². The summed E-state index contributed by atoms with van der Waals surface area (Å²) < 4.78 is 6.19. The van der Waals surface area contributed by atoms with E-state index in [0.29, 0.717) is 17.4 Å². The second kappa shape index (κ2) is 4.37. The van der Waals surface area contributed by atoms with Crippen molar-refractivity contribution in [2.45, 2.75) is 59.0 Å². The Balaban J connectivity index is 1.67. The van der Waals surface area contributed by atoms with Crippen LogP contribution in [0.25, 0.3) is 0 Å². The summed E-state index contributed by atoms with van der Waals surface area (Å²) in [5.74, 6) is 3.27. The Hall–Kier alpha value is -0.300. The first-order valence-electron chi connectivity index (χ1n) is 7.79. The van der Waals surface area contributed by atoms with Gasteiger partial charge in [0.05, 0.1) is 12.7 Å². The third kappa shape index (κ3) is 2.05. The number of hydrogen-bond acceptors (Lipinski definition) is 1. The Labute approximate surface area is 112 Å². The zero-order valence-corrected chi connectivity index (χ0v) is 12.2. The highest BCUT2D eigenvalue weighted by atomic mass is 16.5. The van der Waals surface area contributed by atoms with Crippen LogP contribution in [0, 0.1) is 29.1 Å². The summed E-state index contributed by atoms with van der Waals surface area (Å²) >= 11 is 0. The first kappa shape index (κ1) is 12.7. The molecule has 0 saturated heterocycles. The lowest BCUT2D eigenvalue weighted by Crippen LogP contribution is -2.49. The van der Waals surface area contributed by atoms with Gasteiger partial charge in [0.1, 0.15) is 0 Å². The molecule has 1 heteroatoms. The van der Waals surface area contributed by atoms with Crippen LogP contribution in [0.1, 0.15) is 52.9 Å². The third-order valence-corrected chi connectivity index (χ3v) is 5.96. The molecular formula is C17H28O. The Morgan fingerprint density at radius 3 is 2.33 bits per heavy atom. The van der Waals surface area contributed by atoms with Crippen molar-refractivity contribution in [3.63, 3.8) is 0 Å². The predicted octanol–water partition coefficient (Wildman–Crippen LogP) is 4.43. The second-order valence-electron chi connectivity index (χ2n) is 7.68. The molecule has 0 amide bonds. The van der Waals surface area contributed by atoms with Gasteiger partial charge in [-0.05, 0) is 68.1 Å². The van der Waals surface area contributed by atoms with Gasteiger partial charge < -0.3 is 4.74 Å². The fraction of sp³-hybridized carbons (Fsp3) is 0.882. The van der Waals surface area contributed by atoms with Crippen LogP contribution in [0.2, 0.25) is 0 Å². The van der Waals surface area contributed by atoms with E-state index in [1.807, 2.05) is 0 Å². The molecule has 4 fully saturated rings. The first-order valence-corrected chi connectivity index (χ1v) is 7.79. The molecular weight excluding hydrogens is 220 g/mol. The maximum atomic E-state index is 6.19. The summed E-state index contributed by atoms with van der Waals surface area (Å²) in [6.07, 6.45) is 7.42. The van der Waals surface area contributed by atoms with Crippen LogP contribution in [-0.2, 0) is 4.74 Å². The van der Waals surface area contributed by atoms with Gasteiger partial charge in [-0.2, -0.15) is 0 Å². The summed E-state index contributed by atoms with van der Waals surface area (Å²) in [5.41, 5.74) is 2.10. The number of allylic oxidation sites excluding steroid dienone is 1. The molecule has 0 aromatic carbocycles. The van der Waals surface area contributed by atoms with E-state index in [0.717, 1.165) is 24.4 Å². The predicted molar refractivity (Wildman–Crippen MR) is 75.4 cm³/mol. The highest BCUT2D eigenvalue weighted by molar-refractivity contribution is 5.20. The van der Waals surface area contributed by atoms with Crippen LogP contribution in [0.4, 0.5) is 0 Å². The summed E-state index contributed by atoms with van der Waals surface area (Å²) in [6, 6.07) is 0. The maximum Gasteiger partial charge on any atom is 0.0570 e. The van der Waals surface area contributed by atoms with Crippen LogP contribution in [0.3, 0.4) is 0 Å². The largest absolute Gasteiger partial charge is 0.378 e. The van der Waals surface area contributed by atoms with Gasteiger partial charge in [-0.3, -0.25) is 0 Å². The normalized spacial score (nSPS) is 43.8. The molecule has 0 aromatic rings. The van der Waals surface area contributed by atoms with E-state index in [9.17, 15) is 0 Å². The van der Waals surface area contributed by atoms with Gasteiger partial charge in [0.2, 0.25) is 0 Å².